The monoisotopic (exact) mass is 319 g/mol. The van der Waals surface area contributed by atoms with E-state index in [-0.39, 0.29) is 11.3 Å². The zero-order valence-electron chi connectivity index (χ0n) is 9.76. The summed E-state index contributed by atoms with van der Waals surface area (Å²) in [5.74, 6) is -0.550. The molecule has 0 atom stereocenters. The number of phenols is 1. The van der Waals surface area contributed by atoms with Crippen molar-refractivity contribution in [2.24, 2.45) is 0 Å². The van der Waals surface area contributed by atoms with Gasteiger partial charge in [0.05, 0.1) is 5.56 Å². The number of benzene rings is 2. The number of aromatic hydroxyl groups is 1. The summed E-state index contributed by atoms with van der Waals surface area (Å²) in [6.07, 6.45) is 0.701. The lowest BCUT2D eigenvalue weighted by atomic mass is 10.1. The van der Waals surface area contributed by atoms with Crippen LogP contribution in [0, 0.1) is 0 Å². The number of rotatable bonds is 3. The predicted molar refractivity (Wildman–Crippen MR) is 75.6 cm³/mol. The van der Waals surface area contributed by atoms with Crippen LogP contribution in [0.25, 0.3) is 0 Å². The molecular formula is C14H10BrNO3. The topological polar surface area (TPSA) is 66.4 Å². The number of aldehydes is 1. The van der Waals surface area contributed by atoms with Gasteiger partial charge in [0.2, 0.25) is 0 Å². The molecule has 2 aromatic rings. The van der Waals surface area contributed by atoms with Gasteiger partial charge in [-0.3, -0.25) is 9.59 Å². The lowest BCUT2D eigenvalue weighted by Gasteiger charge is -2.07. The third kappa shape index (κ3) is 3.20. The first kappa shape index (κ1) is 13.3. The van der Waals surface area contributed by atoms with E-state index in [1.54, 1.807) is 30.3 Å². The van der Waals surface area contributed by atoms with Gasteiger partial charge in [0, 0.05) is 15.7 Å². The Morgan fingerprint density at radius 2 is 2.00 bits per heavy atom. The van der Waals surface area contributed by atoms with Gasteiger partial charge in [-0.25, -0.2) is 0 Å². The van der Waals surface area contributed by atoms with Gasteiger partial charge in [-0.15, -0.1) is 0 Å². The molecule has 0 spiro atoms. The van der Waals surface area contributed by atoms with E-state index in [9.17, 15) is 14.7 Å². The van der Waals surface area contributed by atoms with E-state index in [0.29, 0.717) is 22.0 Å². The fourth-order valence-electron chi connectivity index (χ4n) is 1.58. The van der Waals surface area contributed by atoms with Crippen molar-refractivity contribution in [3.05, 3.63) is 58.1 Å². The van der Waals surface area contributed by atoms with E-state index in [0.717, 1.165) is 0 Å². The molecule has 0 aliphatic heterocycles. The SMILES string of the molecule is O=Cc1cccc(NC(=O)c2ccc(Br)cc2O)c1. The fraction of sp³-hybridized carbons (Fsp3) is 0. The third-order valence-electron chi connectivity index (χ3n) is 2.48. The van der Waals surface area contributed by atoms with Gasteiger partial charge in [0.15, 0.2) is 0 Å². The summed E-state index contributed by atoms with van der Waals surface area (Å²) in [7, 11) is 0. The second-order valence-electron chi connectivity index (χ2n) is 3.86. The summed E-state index contributed by atoms with van der Waals surface area (Å²) in [6.45, 7) is 0. The fourth-order valence-corrected chi connectivity index (χ4v) is 1.93. The normalized spacial score (nSPS) is 9.95. The highest BCUT2D eigenvalue weighted by Crippen LogP contribution is 2.23. The van der Waals surface area contributed by atoms with Crippen LogP contribution in [-0.4, -0.2) is 17.3 Å². The molecule has 4 nitrogen and oxygen atoms in total. The molecule has 2 aromatic carbocycles. The van der Waals surface area contributed by atoms with Crippen molar-refractivity contribution in [2.75, 3.05) is 5.32 Å². The van der Waals surface area contributed by atoms with Crippen molar-refractivity contribution in [3.63, 3.8) is 0 Å². The van der Waals surface area contributed by atoms with Crippen LogP contribution in [-0.2, 0) is 0 Å². The Bertz CT molecular complexity index is 640. The number of hydrogen-bond donors (Lipinski definition) is 2. The number of carbonyl (C=O) groups is 2. The molecule has 0 aliphatic carbocycles. The summed E-state index contributed by atoms with van der Waals surface area (Å²) in [6, 6.07) is 11.1. The average molecular weight is 320 g/mol. The number of hydrogen-bond acceptors (Lipinski definition) is 3. The van der Waals surface area contributed by atoms with E-state index >= 15 is 0 Å². The number of amides is 1. The summed E-state index contributed by atoms with van der Waals surface area (Å²) in [5, 5.41) is 12.3. The average Bonchev–Trinajstić information content (AvgIpc) is 2.38. The standard InChI is InChI=1S/C14H10BrNO3/c15-10-4-5-12(13(18)7-10)14(19)16-11-3-1-2-9(6-11)8-17/h1-8,18H,(H,16,19). The molecule has 0 aliphatic rings. The Kier molecular flexibility index (Phi) is 3.97. The minimum atomic E-state index is -0.437. The van der Waals surface area contributed by atoms with Crippen LogP contribution in [0.5, 0.6) is 5.75 Å². The van der Waals surface area contributed by atoms with Crippen molar-refractivity contribution in [1.82, 2.24) is 0 Å². The van der Waals surface area contributed by atoms with Gasteiger partial charge in [-0.2, -0.15) is 0 Å². The molecule has 96 valence electrons. The van der Waals surface area contributed by atoms with Gasteiger partial charge in [0.1, 0.15) is 12.0 Å². The highest BCUT2D eigenvalue weighted by Gasteiger charge is 2.11. The molecule has 1 amide bonds. The highest BCUT2D eigenvalue weighted by molar-refractivity contribution is 9.10. The number of carbonyl (C=O) groups excluding carboxylic acids is 2. The summed E-state index contributed by atoms with van der Waals surface area (Å²) < 4.78 is 0.685. The summed E-state index contributed by atoms with van der Waals surface area (Å²) in [5.41, 5.74) is 1.13. The first-order chi connectivity index (χ1) is 9.10. The molecule has 2 rings (SSSR count). The second-order valence-corrected chi connectivity index (χ2v) is 4.77. The first-order valence-corrected chi connectivity index (χ1v) is 6.24. The van der Waals surface area contributed by atoms with Crippen LogP contribution in [0.4, 0.5) is 5.69 Å². The van der Waals surface area contributed by atoms with E-state index < -0.39 is 5.91 Å². The van der Waals surface area contributed by atoms with Crippen LogP contribution < -0.4 is 5.32 Å². The van der Waals surface area contributed by atoms with Gasteiger partial charge < -0.3 is 10.4 Å². The Labute approximate surface area is 118 Å². The van der Waals surface area contributed by atoms with Crippen molar-refractivity contribution in [2.45, 2.75) is 0 Å². The number of anilines is 1. The van der Waals surface area contributed by atoms with Gasteiger partial charge in [-0.1, -0.05) is 28.1 Å². The summed E-state index contributed by atoms with van der Waals surface area (Å²) >= 11 is 3.20. The van der Waals surface area contributed by atoms with Crippen LogP contribution in [0.2, 0.25) is 0 Å². The molecule has 0 saturated heterocycles. The Hall–Kier alpha value is -2.14. The molecule has 5 heteroatoms. The molecule has 0 radical (unpaired) electrons. The lowest BCUT2D eigenvalue weighted by molar-refractivity contribution is 0.102. The first-order valence-electron chi connectivity index (χ1n) is 5.45. The van der Waals surface area contributed by atoms with Crippen molar-refractivity contribution >= 4 is 33.8 Å². The molecular weight excluding hydrogens is 310 g/mol. The molecule has 0 aromatic heterocycles. The smallest absolute Gasteiger partial charge is 0.259 e. The van der Waals surface area contributed by atoms with Gasteiger partial charge in [-0.05, 0) is 30.3 Å². The number of nitrogens with one attached hydrogen (secondary N) is 1. The Morgan fingerprint density at radius 3 is 2.68 bits per heavy atom. The van der Waals surface area contributed by atoms with E-state index in [2.05, 4.69) is 21.2 Å². The molecule has 2 N–H and O–H groups in total. The zero-order chi connectivity index (χ0) is 13.8. The molecule has 0 saturated carbocycles. The maximum absolute atomic E-state index is 12.0. The van der Waals surface area contributed by atoms with Gasteiger partial charge >= 0.3 is 0 Å². The lowest BCUT2D eigenvalue weighted by Crippen LogP contribution is -2.12. The van der Waals surface area contributed by atoms with Crippen molar-refractivity contribution in [3.8, 4) is 5.75 Å². The Morgan fingerprint density at radius 1 is 1.21 bits per heavy atom. The number of phenolic OH excluding ortho intramolecular Hbond substituents is 1. The third-order valence-corrected chi connectivity index (χ3v) is 2.98. The maximum Gasteiger partial charge on any atom is 0.259 e. The van der Waals surface area contributed by atoms with Gasteiger partial charge in [0.25, 0.3) is 5.91 Å². The maximum atomic E-state index is 12.0. The van der Waals surface area contributed by atoms with Crippen molar-refractivity contribution < 1.29 is 14.7 Å². The molecule has 0 bridgehead atoms. The molecule has 0 fully saturated rings. The minimum Gasteiger partial charge on any atom is -0.507 e. The van der Waals surface area contributed by atoms with Crippen LogP contribution in [0.1, 0.15) is 20.7 Å². The quantitative estimate of drug-likeness (QED) is 0.854. The van der Waals surface area contributed by atoms with Crippen LogP contribution in [0.15, 0.2) is 46.9 Å². The minimum absolute atomic E-state index is 0.113. The van der Waals surface area contributed by atoms with Crippen molar-refractivity contribution in [1.29, 1.82) is 0 Å². The highest BCUT2D eigenvalue weighted by atomic mass is 79.9. The number of halogens is 1. The van der Waals surface area contributed by atoms with Crippen LogP contribution >= 0.6 is 15.9 Å². The van der Waals surface area contributed by atoms with E-state index in [1.807, 2.05) is 0 Å². The summed E-state index contributed by atoms with van der Waals surface area (Å²) in [4.78, 5) is 22.6. The molecule has 0 heterocycles. The van der Waals surface area contributed by atoms with E-state index in [4.69, 9.17) is 0 Å². The Balaban J connectivity index is 2.22. The van der Waals surface area contributed by atoms with E-state index in [1.165, 1.54) is 12.1 Å². The van der Waals surface area contributed by atoms with Crippen LogP contribution in [0.3, 0.4) is 0 Å². The largest absolute Gasteiger partial charge is 0.507 e. The molecule has 19 heavy (non-hydrogen) atoms. The second kappa shape index (κ2) is 5.67. The molecule has 0 unspecified atom stereocenters. The zero-order valence-corrected chi connectivity index (χ0v) is 11.3. The predicted octanol–water partition coefficient (Wildman–Crippen LogP) is 3.22.